The Kier molecular flexibility index (Phi) is 5.25. The van der Waals surface area contributed by atoms with Crippen LogP contribution in [0.3, 0.4) is 0 Å². The number of aromatic nitrogens is 2. The third kappa shape index (κ3) is 3.57. The highest BCUT2D eigenvalue weighted by atomic mass is 32.2. The Morgan fingerprint density at radius 2 is 2.29 bits per heavy atom. The van der Waals surface area contributed by atoms with Gasteiger partial charge in [-0.25, -0.2) is 4.98 Å². The number of carbonyl (C=O) groups is 1. The molecule has 2 rings (SSSR count). The van der Waals surface area contributed by atoms with E-state index in [0.717, 1.165) is 22.8 Å². The summed E-state index contributed by atoms with van der Waals surface area (Å²) in [5.41, 5.74) is 8.83. The largest absolute Gasteiger partial charge is 0.339 e. The van der Waals surface area contributed by atoms with Gasteiger partial charge in [0, 0.05) is 13.2 Å². The summed E-state index contributed by atoms with van der Waals surface area (Å²) in [6.07, 6.45) is 4.69. The molecule has 0 radical (unpaired) electrons. The number of nitrogens with zero attached hydrogens (tertiary/aromatic N) is 3. The lowest BCUT2D eigenvalue weighted by Gasteiger charge is -2.21. The first-order valence-corrected chi connectivity index (χ1v) is 8.36. The van der Waals surface area contributed by atoms with E-state index in [4.69, 9.17) is 5.73 Å². The molecule has 0 unspecified atom stereocenters. The second-order valence-electron chi connectivity index (χ2n) is 5.16. The lowest BCUT2D eigenvalue weighted by atomic mass is 10.2. The molecular weight excluding hydrogens is 284 g/mol. The molecule has 0 aliphatic heterocycles. The maximum Gasteiger partial charge on any atom is 0.239 e. The summed E-state index contributed by atoms with van der Waals surface area (Å²) >= 11 is 1.70. The zero-order valence-corrected chi connectivity index (χ0v) is 13.6. The van der Waals surface area contributed by atoms with Gasteiger partial charge in [0.15, 0.2) is 0 Å². The maximum absolute atomic E-state index is 12.3. The van der Waals surface area contributed by atoms with Gasteiger partial charge in [-0.05, 0) is 37.5 Å². The summed E-state index contributed by atoms with van der Waals surface area (Å²) in [6, 6.07) is 5.45. The van der Waals surface area contributed by atoms with Gasteiger partial charge in [-0.3, -0.25) is 4.79 Å². The van der Waals surface area contributed by atoms with Crippen LogP contribution in [0.2, 0.25) is 0 Å². The normalized spacial score (nSPS) is 12.6. The number of fused-ring (bicyclic) bond motifs is 1. The topological polar surface area (TPSA) is 63.6 Å². The van der Waals surface area contributed by atoms with Crippen LogP contribution in [0.4, 0.5) is 0 Å². The summed E-state index contributed by atoms with van der Waals surface area (Å²) in [5, 5.41) is 0. The second kappa shape index (κ2) is 6.95. The summed E-state index contributed by atoms with van der Waals surface area (Å²) in [4.78, 5) is 18.5. The van der Waals surface area contributed by atoms with Crippen molar-refractivity contribution >= 4 is 23.3 Å². The van der Waals surface area contributed by atoms with E-state index in [1.54, 1.807) is 23.7 Å². The average Bonchev–Trinajstić information content (AvgIpc) is 2.80. The van der Waals surface area contributed by atoms with Crippen LogP contribution in [0.15, 0.2) is 24.4 Å². The predicted molar refractivity (Wildman–Crippen MR) is 87.4 cm³/mol. The summed E-state index contributed by atoms with van der Waals surface area (Å²) in [7, 11) is 1.79. The molecule has 1 amide bonds. The number of amides is 1. The van der Waals surface area contributed by atoms with E-state index in [2.05, 4.69) is 4.98 Å². The van der Waals surface area contributed by atoms with Crippen molar-refractivity contribution in [1.29, 1.82) is 0 Å². The third-order valence-corrected chi connectivity index (χ3v) is 4.19. The van der Waals surface area contributed by atoms with E-state index in [-0.39, 0.29) is 5.91 Å². The number of pyridine rings is 1. The molecule has 5 nitrogen and oxygen atoms in total. The molecule has 0 fully saturated rings. The Bertz CT molecular complexity index is 625. The minimum absolute atomic E-state index is 0.0191. The standard InChI is InChI=1S/C15H22N4OS/c1-11-13(19-8-5-4-6-14(19)17-11)10-18(2)15(20)12(16)7-9-21-3/h4-6,8,12H,7,9-10,16H2,1-3H3/t12-/m0/s1. The van der Waals surface area contributed by atoms with Crippen LogP contribution in [-0.4, -0.2) is 45.3 Å². The molecule has 114 valence electrons. The van der Waals surface area contributed by atoms with Gasteiger partial charge >= 0.3 is 0 Å². The minimum Gasteiger partial charge on any atom is -0.339 e. The van der Waals surface area contributed by atoms with Crippen LogP contribution >= 0.6 is 11.8 Å². The zero-order valence-electron chi connectivity index (χ0n) is 12.7. The van der Waals surface area contributed by atoms with E-state index < -0.39 is 6.04 Å². The molecule has 0 aliphatic rings. The molecule has 0 aromatic carbocycles. The van der Waals surface area contributed by atoms with E-state index in [9.17, 15) is 4.79 Å². The fourth-order valence-corrected chi connectivity index (χ4v) is 2.80. The van der Waals surface area contributed by atoms with Crippen LogP contribution in [0.25, 0.3) is 5.65 Å². The third-order valence-electron chi connectivity index (χ3n) is 3.54. The Hall–Kier alpha value is -1.53. The zero-order chi connectivity index (χ0) is 15.4. The number of rotatable bonds is 6. The lowest BCUT2D eigenvalue weighted by Crippen LogP contribution is -2.42. The maximum atomic E-state index is 12.3. The molecule has 2 aromatic heterocycles. The summed E-state index contributed by atoms with van der Waals surface area (Å²) < 4.78 is 2.02. The molecule has 0 saturated carbocycles. The fourth-order valence-electron chi connectivity index (χ4n) is 2.31. The van der Waals surface area contributed by atoms with Crippen molar-refractivity contribution in [2.24, 2.45) is 5.73 Å². The van der Waals surface area contributed by atoms with Gasteiger partial charge in [-0.1, -0.05) is 6.07 Å². The van der Waals surface area contributed by atoms with Crippen molar-refractivity contribution in [3.8, 4) is 0 Å². The number of hydrogen-bond acceptors (Lipinski definition) is 4. The number of nitrogens with two attached hydrogens (primary N) is 1. The number of carbonyl (C=O) groups excluding carboxylic acids is 1. The van der Waals surface area contributed by atoms with Crippen molar-refractivity contribution in [1.82, 2.24) is 14.3 Å². The second-order valence-corrected chi connectivity index (χ2v) is 6.14. The number of aryl methyl sites for hydroxylation is 1. The molecule has 21 heavy (non-hydrogen) atoms. The Morgan fingerprint density at radius 3 is 3.00 bits per heavy atom. The average molecular weight is 306 g/mol. The van der Waals surface area contributed by atoms with Crippen LogP contribution < -0.4 is 5.73 Å². The van der Waals surface area contributed by atoms with E-state index in [0.29, 0.717) is 13.0 Å². The van der Waals surface area contributed by atoms with Gasteiger partial charge < -0.3 is 15.0 Å². The number of thioether (sulfide) groups is 1. The van der Waals surface area contributed by atoms with Crippen molar-refractivity contribution in [2.45, 2.75) is 25.9 Å². The van der Waals surface area contributed by atoms with Gasteiger partial charge in [0.05, 0.1) is 24.0 Å². The number of likely N-dealkylation sites (N-methyl/N-ethyl adjacent to an activating group) is 1. The van der Waals surface area contributed by atoms with Crippen LogP contribution in [-0.2, 0) is 11.3 Å². The monoisotopic (exact) mass is 306 g/mol. The van der Waals surface area contributed by atoms with Crippen molar-refractivity contribution in [3.63, 3.8) is 0 Å². The minimum atomic E-state index is -0.429. The highest BCUT2D eigenvalue weighted by molar-refractivity contribution is 7.98. The molecule has 1 atom stereocenters. The van der Waals surface area contributed by atoms with Gasteiger partial charge in [0.2, 0.25) is 5.91 Å². The Labute approximate surface area is 129 Å². The van der Waals surface area contributed by atoms with Gasteiger partial charge in [0.25, 0.3) is 0 Å². The van der Waals surface area contributed by atoms with Crippen molar-refractivity contribution in [2.75, 3.05) is 19.1 Å². The van der Waals surface area contributed by atoms with E-state index >= 15 is 0 Å². The van der Waals surface area contributed by atoms with E-state index in [1.807, 2.05) is 42.0 Å². The van der Waals surface area contributed by atoms with Gasteiger partial charge in [-0.15, -0.1) is 0 Å². The summed E-state index contributed by atoms with van der Waals surface area (Å²) in [5.74, 6) is 0.879. The Morgan fingerprint density at radius 1 is 1.52 bits per heavy atom. The quantitative estimate of drug-likeness (QED) is 0.882. The smallest absolute Gasteiger partial charge is 0.239 e. The molecule has 2 aromatic rings. The first-order chi connectivity index (χ1) is 10.0. The number of hydrogen-bond donors (Lipinski definition) is 1. The predicted octanol–water partition coefficient (Wildman–Crippen LogP) is 1.68. The molecule has 0 aliphatic carbocycles. The van der Waals surface area contributed by atoms with Crippen LogP contribution in [0.1, 0.15) is 17.8 Å². The molecule has 0 saturated heterocycles. The lowest BCUT2D eigenvalue weighted by molar-refractivity contribution is -0.131. The molecular formula is C15H22N4OS. The fraction of sp³-hybridized carbons (Fsp3) is 0.467. The molecule has 2 heterocycles. The first kappa shape index (κ1) is 15.9. The molecule has 2 N–H and O–H groups in total. The highest BCUT2D eigenvalue weighted by Gasteiger charge is 2.19. The van der Waals surface area contributed by atoms with Crippen molar-refractivity contribution < 1.29 is 4.79 Å². The van der Waals surface area contributed by atoms with Gasteiger partial charge in [0.1, 0.15) is 5.65 Å². The van der Waals surface area contributed by atoms with Crippen LogP contribution in [0, 0.1) is 6.92 Å². The molecule has 0 spiro atoms. The SMILES string of the molecule is CSCC[C@H](N)C(=O)N(C)Cc1c(C)nc2ccccn12. The Balaban J connectivity index is 2.12. The van der Waals surface area contributed by atoms with Crippen LogP contribution in [0.5, 0.6) is 0 Å². The van der Waals surface area contributed by atoms with Gasteiger partial charge in [-0.2, -0.15) is 11.8 Å². The highest BCUT2D eigenvalue weighted by Crippen LogP contribution is 2.14. The number of imidazole rings is 1. The summed E-state index contributed by atoms with van der Waals surface area (Å²) in [6.45, 7) is 2.48. The first-order valence-electron chi connectivity index (χ1n) is 6.96. The van der Waals surface area contributed by atoms with Crippen molar-refractivity contribution in [3.05, 3.63) is 35.8 Å². The van der Waals surface area contributed by atoms with E-state index in [1.165, 1.54) is 0 Å². The molecule has 6 heteroatoms. The molecule has 0 bridgehead atoms.